The highest BCUT2D eigenvalue weighted by Gasteiger charge is 2.09. The lowest BCUT2D eigenvalue weighted by Crippen LogP contribution is -2.13. The summed E-state index contributed by atoms with van der Waals surface area (Å²) in [4.78, 5) is 23.2. The Morgan fingerprint density at radius 3 is 2.10 bits per heavy atom. The van der Waals surface area contributed by atoms with Gasteiger partial charge >= 0.3 is 6.09 Å². The molecule has 2 aromatic rings. The van der Waals surface area contributed by atoms with Crippen LogP contribution in [0.2, 0.25) is 0 Å². The van der Waals surface area contributed by atoms with E-state index in [1.165, 1.54) is 7.11 Å². The van der Waals surface area contributed by atoms with E-state index in [-0.39, 0.29) is 5.91 Å². The third-order valence-corrected chi connectivity index (χ3v) is 3.38. The molecule has 2 N–H and O–H groups in total. The maximum atomic E-state index is 12.1. The van der Waals surface area contributed by atoms with Gasteiger partial charge in [0.15, 0.2) is 0 Å². The van der Waals surface area contributed by atoms with Gasteiger partial charge in [0.05, 0.1) is 12.7 Å². The second kappa shape index (κ2) is 6.90. The maximum absolute atomic E-state index is 12.1. The minimum absolute atomic E-state index is 0.212. The Hall–Kier alpha value is -2.34. The summed E-state index contributed by atoms with van der Waals surface area (Å²) in [5, 5.41) is 5.31. The van der Waals surface area contributed by atoms with Gasteiger partial charge < -0.3 is 10.1 Å². The van der Waals surface area contributed by atoms with E-state index in [2.05, 4.69) is 31.3 Å². The number of benzene rings is 2. The Balaban J connectivity index is 2.05. The molecule has 5 nitrogen and oxygen atoms in total. The summed E-state index contributed by atoms with van der Waals surface area (Å²) in [6.07, 6.45) is -0.542. The maximum Gasteiger partial charge on any atom is 0.411 e. The molecule has 0 saturated carbocycles. The van der Waals surface area contributed by atoms with Crippen molar-refractivity contribution in [1.29, 1.82) is 0 Å². The van der Waals surface area contributed by atoms with Gasteiger partial charge in [0, 0.05) is 15.8 Å². The largest absolute Gasteiger partial charge is 0.453 e. The fourth-order valence-electron chi connectivity index (χ4n) is 1.65. The van der Waals surface area contributed by atoms with Gasteiger partial charge in [-0.15, -0.1) is 0 Å². The Labute approximate surface area is 130 Å². The third-order valence-electron chi connectivity index (χ3n) is 2.69. The zero-order chi connectivity index (χ0) is 15.2. The lowest BCUT2D eigenvalue weighted by molar-refractivity contribution is 0.102. The van der Waals surface area contributed by atoms with Crippen molar-refractivity contribution >= 4 is 39.3 Å². The normalized spacial score (nSPS) is 9.81. The van der Waals surface area contributed by atoms with E-state index in [4.69, 9.17) is 0 Å². The molecule has 6 heteroatoms. The van der Waals surface area contributed by atoms with Crippen LogP contribution in [-0.4, -0.2) is 19.1 Å². The molecule has 2 rings (SSSR count). The Kier molecular flexibility index (Phi) is 4.94. The highest BCUT2D eigenvalue weighted by atomic mass is 79.9. The predicted octanol–water partition coefficient (Wildman–Crippen LogP) is 3.88. The number of ether oxygens (including phenoxy) is 1. The first-order valence-corrected chi connectivity index (χ1v) is 6.90. The third kappa shape index (κ3) is 4.06. The molecule has 0 unspecified atom stereocenters. The van der Waals surface area contributed by atoms with Crippen molar-refractivity contribution in [2.75, 3.05) is 17.7 Å². The fourth-order valence-corrected chi connectivity index (χ4v) is 2.11. The van der Waals surface area contributed by atoms with Crippen LogP contribution in [0.1, 0.15) is 10.4 Å². The van der Waals surface area contributed by atoms with Crippen molar-refractivity contribution in [3.8, 4) is 0 Å². The smallest absolute Gasteiger partial charge is 0.411 e. The van der Waals surface area contributed by atoms with Crippen LogP contribution >= 0.6 is 15.9 Å². The van der Waals surface area contributed by atoms with Gasteiger partial charge in [-0.3, -0.25) is 10.1 Å². The van der Waals surface area contributed by atoms with Crippen molar-refractivity contribution in [3.63, 3.8) is 0 Å². The molecule has 108 valence electrons. The summed E-state index contributed by atoms with van der Waals surface area (Å²) in [5.41, 5.74) is 1.76. The Bertz CT molecular complexity index is 656. The predicted molar refractivity (Wildman–Crippen MR) is 84.6 cm³/mol. The molecule has 0 spiro atoms. The van der Waals surface area contributed by atoms with E-state index in [0.29, 0.717) is 16.9 Å². The van der Waals surface area contributed by atoms with E-state index in [1.54, 1.807) is 42.5 Å². The van der Waals surface area contributed by atoms with E-state index >= 15 is 0 Å². The minimum Gasteiger partial charge on any atom is -0.453 e. The van der Waals surface area contributed by atoms with E-state index in [0.717, 1.165) is 4.47 Å². The first kappa shape index (κ1) is 15.1. The summed E-state index contributed by atoms with van der Waals surface area (Å²) < 4.78 is 5.22. The van der Waals surface area contributed by atoms with Crippen LogP contribution in [0.5, 0.6) is 0 Å². The molecule has 0 aliphatic carbocycles. The number of halogens is 1. The van der Waals surface area contributed by atoms with Crippen LogP contribution in [0, 0.1) is 0 Å². The molecule has 2 aromatic carbocycles. The Morgan fingerprint density at radius 1 is 0.952 bits per heavy atom. The highest BCUT2D eigenvalue weighted by Crippen LogP contribution is 2.19. The molecule has 0 aliphatic heterocycles. The van der Waals surface area contributed by atoms with Gasteiger partial charge in [0.25, 0.3) is 5.91 Å². The number of rotatable bonds is 3. The quantitative estimate of drug-likeness (QED) is 0.884. The summed E-state index contributed by atoms with van der Waals surface area (Å²) in [5.74, 6) is -0.212. The number of nitrogens with one attached hydrogen (secondary N) is 2. The molecular weight excluding hydrogens is 336 g/mol. The molecule has 0 aliphatic rings. The molecular formula is C15H13BrN2O3. The molecule has 0 aromatic heterocycles. The van der Waals surface area contributed by atoms with Crippen LogP contribution in [0.25, 0.3) is 0 Å². The van der Waals surface area contributed by atoms with E-state index in [1.807, 2.05) is 6.07 Å². The number of hydrogen-bond donors (Lipinski definition) is 2. The van der Waals surface area contributed by atoms with Gasteiger partial charge in [-0.1, -0.05) is 12.1 Å². The molecule has 0 fully saturated rings. The van der Waals surface area contributed by atoms with Crippen molar-refractivity contribution < 1.29 is 14.3 Å². The molecule has 0 atom stereocenters. The van der Waals surface area contributed by atoms with Crippen LogP contribution < -0.4 is 10.6 Å². The van der Waals surface area contributed by atoms with Crippen molar-refractivity contribution in [2.24, 2.45) is 0 Å². The zero-order valence-electron chi connectivity index (χ0n) is 11.2. The summed E-state index contributed by atoms with van der Waals surface area (Å²) in [7, 11) is 1.29. The van der Waals surface area contributed by atoms with Crippen LogP contribution in [0.15, 0.2) is 53.0 Å². The van der Waals surface area contributed by atoms with E-state index in [9.17, 15) is 9.59 Å². The molecule has 0 heterocycles. The van der Waals surface area contributed by atoms with Crippen molar-refractivity contribution in [3.05, 3.63) is 58.6 Å². The Morgan fingerprint density at radius 2 is 1.52 bits per heavy atom. The highest BCUT2D eigenvalue weighted by molar-refractivity contribution is 9.10. The summed E-state index contributed by atoms with van der Waals surface area (Å²) >= 11 is 3.33. The number of hydrogen-bond acceptors (Lipinski definition) is 3. The lowest BCUT2D eigenvalue weighted by atomic mass is 10.2. The average molecular weight is 349 g/mol. The van der Waals surface area contributed by atoms with Gasteiger partial charge in [0.1, 0.15) is 0 Å². The molecule has 2 amide bonds. The summed E-state index contributed by atoms with van der Waals surface area (Å²) in [6, 6.07) is 13.9. The van der Waals surface area contributed by atoms with Crippen molar-refractivity contribution in [2.45, 2.75) is 0 Å². The zero-order valence-corrected chi connectivity index (χ0v) is 12.8. The van der Waals surface area contributed by atoms with Crippen LogP contribution in [0.3, 0.4) is 0 Å². The van der Waals surface area contributed by atoms with E-state index < -0.39 is 6.09 Å². The summed E-state index contributed by atoms with van der Waals surface area (Å²) in [6.45, 7) is 0. The number of methoxy groups -OCH3 is 1. The molecule has 0 radical (unpaired) electrons. The molecule has 0 bridgehead atoms. The van der Waals surface area contributed by atoms with Crippen LogP contribution in [0.4, 0.5) is 16.2 Å². The topological polar surface area (TPSA) is 67.4 Å². The number of carbonyl (C=O) groups is 2. The molecule has 21 heavy (non-hydrogen) atoms. The average Bonchev–Trinajstić information content (AvgIpc) is 2.49. The first-order valence-electron chi connectivity index (χ1n) is 6.11. The minimum atomic E-state index is -0.542. The van der Waals surface area contributed by atoms with Crippen molar-refractivity contribution in [1.82, 2.24) is 0 Å². The fraction of sp³-hybridized carbons (Fsp3) is 0.0667. The van der Waals surface area contributed by atoms with Gasteiger partial charge in [-0.25, -0.2) is 4.79 Å². The number of amides is 2. The first-order chi connectivity index (χ1) is 10.1. The van der Waals surface area contributed by atoms with Gasteiger partial charge in [-0.05, 0) is 52.3 Å². The van der Waals surface area contributed by atoms with Crippen LogP contribution in [-0.2, 0) is 4.74 Å². The lowest BCUT2D eigenvalue weighted by Gasteiger charge is -2.08. The second-order valence-electron chi connectivity index (χ2n) is 4.13. The van der Waals surface area contributed by atoms with Gasteiger partial charge in [0.2, 0.25) is 0 Å². The van der Waals surface area contributed by atoms with Gasteiger partial charge in [-0.2, -0.15) is 0 Å². The monoisotopic (exact) mass is 348 g/mol. The second-order valence-corrected chi connectivity index (χ2v) is 4.98. The SMILES string of the molecule is COC(=O)Nc1ccc(NC(=O)c2ccccc2Br)cc1. The number of anilines is 2. The number of carbonyl (C=O) groups excluding carboxylic acids is 2. The molecule has 0 saturated heterocycles. The standard InChI is InChI=1S/C15H13BrN2O3/c1-21-15(20)18-11-8-6-10(7-9-11)17-14(19)12-4-2-3-5-13(12)16/h2-9H,1H3,(H,17,19)(H,18,20).